The molecule has 1 aromatic heterocycles. The average molecular weight is 343 g/mol. The molecule has 0 spiro atoms. The van der Waals surface area contributed by atoms with Crippen molar-refractivity contribution in [2.24, 2.45) is 0 Å². The van der Waals surface area contributed by atoms with E-state index in [4.69, 9.17) is 5.21 Å². The molecule has 1 aliphatic rings. The van der Waals surface area contributed by atoms with Gasteiger partial charge in [-0.1, -0.05) is 18.2 Å². The van der Waals surface area contributed by atoms with Crippen LogP contribution in [0.4, 0.5) is 0 Å². The summed E-state index contributed by atoms with van der Waals surface area (Å²) in [5.74, 6) is -1.77. The van der Waals surface area contributed by atoms with Crippen LogP contribution >= 0.6 is 0 Å². The van der Waals surface area contributed by atoms with Crippen molar-refractivity contribution >= 4 is 28.5 Å². The second-order valence-electron chi connectivity index (χ2n) is 6.43. The number of hydrogen-bond donors (Lipinski definition) is 3. The molecule has 7 nitrogen and oxygen atoms in total. The lowest BCUT2D eigenvalue weighted by atomic mass is 10.0. The highest BCUT2D eigenvalue weighted by Gasteiger charge is 2.24. The van der Waals surface area contributed by atoms with Crippen LogP contribution in [0.1, 0.15) is 42.1 Å². The molecule has 2 amide bonds. The summed E-state index contributed by atoms with van der Waals surface area (Å²) in [6.45, 7) is 2.56. The number of rotatable bonds is 6. The van der Waals surface area contributed by atoms with Crippen molar-refractivity contribution in [3.63, 3.8) is 0 Å². The second-order valence-corrected chi connectivity index (χ2v) is 6.43. The van der Waals surface area contributed by atoms with Gasteiger partial charge in [0.05, 0.1) is 11.1 Å². The molecular weight excluding hydrogens is 322 g/mol. The number of hydroxylamine groups is 1. The summed E-state index contributed by atoms with van der Waals surface area (Å²) >= 11 is 0. The van der Waals surface area contributed by atoms with Gasteiger partial charge in [0.25, 0.3) is 11.7 Å². The Morgan fingerprint density at radius 3 is 2.88 bits per heavy atom. The maximum atomic E-state index is 12.6. The third-order valence-corrected chi connectivity index (χ3v) is 4.58. The number of Topliss-reactive ketones (excluding diaryl/α,β-unsaturated/α-hetero) is 1. The van der Waals surface area contributed by atoms with Crippen LogP contribution in [-0.4, -0.2) is 33.4 Å². The Morgan fingerprint density at radius 1 is 1.32 bits per heavy atom. The number of carbonyl (C=O) groups is 3. The smallest absolute Gasteiger partial charge is 0.292 e. The van der Waals surface area contributed by atoms with E-state index in [0.29, 0.717) is 12.0 Å². The number of para-hydroxylation sites is 1. The minimum Gasteiger partial charge on any atom is -0.347 e. The molecule has 0 radical (unpaired) electrons. The maximum absolute atomic E-state index is 12.6. The lowest BCUT2D eigenvalue weighted by Gasteiger charge is -2.14. The predicted molar refractivity (Wildman–Crippen MR) is 91.4 cm³/mol. The molecule has 2 heterocycles. The van der Waals surface area contributed by atoms with Gasteiger partial charge in [-0.3, -0.25) is 19.6 Å². The Labute approximate surface area is 145 Å². The van der Waals surface area contributed by atoms with Crippen molar-refractivity contribution in [1.82, 2.24) is 15.4 Å². The number of hydrogen-bond acceptors (Lipinski definition) is 4. The van der Waals surface area contributed by atoms with Gasteiger partial charge in [-0.15, -0.1) is 0 Å². The number of carbonyl (C=O) groups excluding carboxylic acids is 3. The summed E-state index contributed by atoms with van der Waals surface area (Å²) in [4.78, 5) is 35.9. The fourth-order valence-electron chi connectivity index (χ4n) is 3.32. The molecule has 132 valence electrons. The van der Waals surface area contributed by atoms with Crippen molar-refractivity contribution in [2.75, 3.05) is 0 Å². The number of nitrogens with zero attached hydrogens (tertiary/aromatic N) is 1. The molecule has 2 aromatic rings. The van der Waals surface area contributed by atoms with E-state index in [1.165, 1.54) is 5.56 Å². The van der Waals surface area contributed by atoms with Crippen molar-refractivity contribution < 1.29 is 19.6 Å². The SMILES string of the molecule is CC(CCC(=O)NO)NC(=O)C(=O)c1cn2c3c(cccc13)CCC2. The number of benzene rings is 1. The summed E-state index contributed by atoms with van der Waals surface area (Å²) in [5, 5.41) is 11.9. The van der Waals surface area contributed by atoms with E-state index in [9.17, 15) is 14.4 Å². The van der Waals surface area contributed by atoms with Crippen LogP contribution in [0, 0.1) is 0 Å². The highest BCUT2D eigenvalue weighted by molar-refractivity contribution is 6.45. The lowest BCUT2D eigenvalue weighted by molar-refractivity contribution is -0.129. The molecule has 0 saturated carbocycles. The van der Waals surface area contributed by atoms with E-state index >= 15 is 0 Å². The fourth-order valence-corrected chi connectivity index (χ4v) is 3.32. The molecule has 0 aliphatic carbocycles. The molecule has 1 aromatic carbocycles. The number of amides is 2. The topological polar surface area (TPSA) is 100 Å². The van der Waals surface area contributed by atoms with Crippen molar-refractivity contribution in [2.45, 2.75) is 45.2 Å². The summed E-state index contributed by atoms with van der Waals surface area (Å²) in [7, 11) is 0. The number of aryl methyl sites for hydroxylation is 2. The Bertz CT molecular complexity index is 840. The van der Waals surface area contributed by atoms with Gasteiger partial charge >= 0.3 is 0 Å². The number of ketones is 1. The Kier molecular flexibility index (Phi) is 4.85. The van der Waals surface area contributed by atoms with Gasteiger partial charge in [0.15, 0.2) is 0 Å². The van der Waals surface area contributed by atoms with E-state index in [1.54, 1.807) is 18.6 Å². The van der Waals surface area contributed by atoms with Crippen LogP contribution in [0.25, 0.3) is 10.9 Å². The van der Waals surface area contributed by atoms with Crippen molar-refractivity contribution in [1.29, 1.82) is 0 Å². The van der Waals surface area contributed by atoms with Crippen LogP contribution in [0.15, 0.2) is 24.4 Å². The van der Waals surface area contributed by atoms with E-state index < -0.39 is 17.6 Å². The summed E-state index contributed by atoms with van der Waals surface area (Å²) in [5.41, 5.74) is 4.19. The minimum atomic E-state index is -0.680. The zero-order valence-electron chi connectivity index (χ0n) is 14.0. The molecule has 0 bridgehead atoms. The van der Waals surface area contributed by atoms with Gasteiger partial charge < -0.3 is 9.88 Å². The van der Waals surface area contributed by atoms with E-state index in [0.717, 1.165) is 30.3 Å². The lowest BCUT2D eigenvalue weighted by Crippen LogP contribution is -2.38. The van der Waals surface area contributed by atoms with Gasteiger partial charge in [-0.05, 0) is 31.7 Å². The third kappa shape index (κ3) is 3.41. The average Bonchev–Trinajstić information content (AvgIpc) is 3.00. The zero-order chi connectivity index (χ0) is 18.0. The Balaban J connectivity index is 1.75. The highest BCUT2D eigenvalue weighted by atomic mass is 16.5. The molecule has 0 fully saturated rings. The minimum absolute atomic E-state index is 0.0643. The number of nitrogens with one attached hydrogen (secondary N) is 2. The first kappa shape index (κ1) is 17.2. The van der Waals surface area contributed by atoms with Crippen LogP contribution in [0.3, 0.4) is 0 Å². The molecular formula is C18H21N3O4. The fraction of sp³-hybridized carbons (Fsp3) is 0.389. The molecule has 1 aliphatic heterocycles. The van der Waals surface area contributed by atoms with Crippen LogP contribution in [0.5, 0.6) is 0 Å². The predicted octanol–water partition coefficient (Wildman–Crippen LogP) is 1.56. The molecule has 0 saturated heterocycles. The first-order valence-corrected chi connectivity index (χ1v) is 8.40. The Morgan fingerprint density at radius 2 is 2.12 bits per heavy atom. The first-order chi connectivity index (χ1) is 12.0. The van der Waals surface area contributed by atoms with Gasteiger partial charge in [0, 0.05) is 30.6 Å². The van der Waals surface area contributed by atoms with Gasteiger partial charge in [0.2, 0.25) is 5.91 Å². The monoisotopic (exact) mass is 343 g/mol. The maximum Gasteiger partial charge on any atom is 0.292 e. The normalized spacial score (nSPS) is 14.2. The van der Waals surface area contributed by atoms with Crippen molar-refractivity contribution in [3.8, 4) is 0 Å². The van der Waals surface area contributed by atoms with E-state index in [-0.39, 0.29) is 12.5 Å². The van der Waals surface area contributed by atoms with Gasteiger partial charge in [0.1, 0.15) is 0 Å². The zero-order valence-corrected chi connectivity index (χ0v) is 14.0. The first-order valence-electron chi connectivity index (χ1n) is 8.40. The third-order valence-electron chi connectivity index (χ3n) is 4.58. The molecule has 3 N–H and O–H groups in total. The molecule has 1 unspecified atom stereocenters. The highest BCUT2D eigenvalue weighted by Crippen LogP contribution is 2.29. The summed E-state index contributed by atoms with van der Waals surface area (Å²) in [6.07, 6.45) is 4.15. The second kappa shape index (κ2) is 7.06. The van der Waals surface area contributed by atoms with Crippen molar-refractivity contribution in [3.05, 3.63) is 35.5 Å². The van der Waals surface area contributed by atoms with Crippen LogP contribution in [-0.2, 0) is 22.6 Å². The van der Waals surface area contributed by atoms with Gasteiger partial charge in [-0.2, -0.15) is 0 Å². The molecule has 7 heteroatoms. The largest absolute Gasteiger partial charge is 0.347 e. The van der Waals surface area contributed by atoms with Crippen LogP contribution in [0.2, 0.25) is 0 Å². The molecule has 3 rings (SSSR count). The van der Waals surface area contributed by atoms with Crippen LogP contribution < -0.4 is 10.8 Å². The summed E-state index contributed by atoms with van der Waals surface area (Å²) in [6, 6.07) is 5.49. The summed E-state index contributed by atoms with van der Waals surface area (Å²) < 4.78 is 2.05. The van der Waals surface area contributed by atoms with Gasteiger partial charge in [-0.25, -0.2) is 5.48 Å². The standard InChI is InChI=1S/C18H21N3O4/c1-11(7-8-15(22)20-25)19-18(24)17(23)14-10-21-9-3-5-12-4-2-6-13(14)16(12)21/h2,4,6,10-11,25H,3,5,7-9H2,1H3,(H,19,24)(H,20,22). The molecule has 1 atom stereocenters. The number of aromatic nitrogens is 1. The quantitative estimate of drug-likeness (QED) is 0.321. The van der Waals surface area contributed by atoms with E-state index in [1.807, 2.05) is 16.7 Å². The van der Waals surface area contributed by atoms with E-state index in [2.05, 4.69) is 11.4 Å². The Hall–Kier alpha value is -2.67. The molecule has 25 heavy (non-hydrogen) atoms.